The molecule has 0 aromatic carbocycles. The fraction of sp³-hybridized carbons (Fsp3) is 0.400. The number of nitro groups is 1. The Hall–Kier alpha value is -2.23. The number of aromatic nitrogens is 1. The Labute approximate surface area is 114 Å². The first-order chi connectivity index (χ1) is 9.26. The second-order valence-corrected chi connectivity index (χ2v) is 6.26. The molecule has 0 aliphatic rings. The summed E-state index contributed by atoms with van der Waals surface area (Å²) in [5.74, 6) is -1.86. The van der Waals surface area contributed by atoms with Crippen LogP contribution in [-0.4, -0.2) is 47.5 Å². The molecule has 110 valence electrons. The molecule has 1 aromatic rings. The van der Waals surface area contributed by atoms with E-state index < -0.39 is 26.4 Å². The molecule has 1 heterocycles. The number of carbonyl (C=O) groups is 1. The normalized spacial score (nSPS) is 11.1. The van der Waals surface area contributed by atoms with Gasteiger partial charge in [0.2, 0.25) is 5.82 Å². The van der Waals surface area contributed by atoms with Crippen molar-refractivity contribution in [3.63, 3.8) is 0 Å². The van der Waals surface area contributed by atoms with E-state index in [2.05, 4.69) is 10.3 Å². The Balaban J connectivity index is 2.94. The molecule has 0 fully saturated rings. The number of sulfone groups is 1. The van der Waals surface area contributed by atoms with Crippen LogP contribution in [0.5, 0.6) is 0 Å². The minimum absolute atomic E-state index is 0.0423. The van der Waals surface area contributed by atoms with Crippen LogP contribution in [0.25, 0.3) is 0 Å². The number of aromatic carboxylic acids is 1. The van der Waals surface area contributed by atoms with Gasteiger partial charge in [-0.2, -0.15) is 0 Å². The molecule has 0 spiro atoms. The summed E-state index contributed by atoms with van der Waals surface area (Å²) in [5, 5.41) is 22.0. The largest absolute Gasteiger partial charge is 0.477 e. The van der Waals surface area contributed by atoms with E-state index in [9.17, 15) is 23.3 Å². The lowest BCUT2D eigenvalue weighted by molar-refractivity contribution is -0.384. The van der Waals surface area contributed by atoms with Gasteiger partial charge in [0, 0.05) is 18.4 Å². The lowest BCUT2D eigenvalue weighted by Crippen LogP contribution is -2.18. The van der Waals surface area contributed by atoms with Gasteiger partial charge >= 0.3 is 11.7 Å². The van der Waals surface area contributed by atoms with Crippen LogP contribution in [0.2, 0.25) is 0 Å². The summed E-state index contributed by atoms with van der Waals surface area (Å²) >= 11 is 0. The third-order valence-corrected chi connectivity index (χ3v) is 4.14. The number of nitrogens with one attached hydrogen (secondary N) is 1. The van der Waals surface area contributed by atoms with Crippen LogP contribution in [0.1, 0.15) is 17.4 Å². The highest BCUT2D eigenvalue weighted by atomic mass is 32.2. The van der Waals surface area contributed by atoms with Gasteiger partial charge in [0.05, 0.1) is 10.7 Å². The van der Waals surface area contributed by atoms with Crippen LogP contribution in [0.15, 0.2) is 12.1 Å². The summed E-state index contributed by atoms with van der Waals surface area (Å²) in [6.45, 7) is 1.40. The lowest BCUT2D eigenvalue weighted by Gasteiger charge is -2.07. The van der Waals surface area contributed by atoms with Crippen LogP contribution in [0, 0.1) is 10.1 Å². The van der Waals surface area contributed by atoms with Gasteiger partial charge in [-0.3, -0.25) is 10.1 Å². The van der Waals surface area contributed by atoms with Crippen molar-refractivity contribution < 1.29 is 23.2 Å². The van der Waals surface area contributed by atoms with Crippen LogP contribution < -0.4 is 5.32 Å². The van der Waals surface area contributed by atoms with E-state index in [4.69, 9.17) is 5.11 Å². The molecule has 0 saturated heterocycles. The molecular weight excluding hydrogens is 290 g/mol. The van der Waals surface area contributed by atoms with Crippen LogP contribution in [0.3, 0.4) is 0 Å². The Morgan fingerprint density at radius 3 is 2.65 bits per heavy atom. The van der Waals surface area contributed by atoms with Crippen molar-refractivity contribution in [2.75, 3.05) is 23.4 Å². The van der Waals surface area contributed by atoms with E-state index in [1.54, 1.807) is 0 Å². The Morgan fingerprint density at radius 2 is 2.15 bits per heavy atom. The molecule has 9 nitrogen and oxygen atoms in total. The average Bonchev–Trinajstić information content (AvgIpc) is 2.38. The smallest absolute Gasteiger partial charge is 0.354 e. The van der Waals surface area contributed by atoms with Gasteiger partial charge in [-0.15, -0.1) is 0 Å². The van der Waals surface area contributed by atoms with Crippen molar-refractivity contribution in [3.8, 4) is 0 Å². The van der Waals surface area contributed by atoms with E-state index in [1.165, 1.54) is 6.92 Å². The van der Waals surface area contributed by atoms with Crippen molar-refractivity contribution in [2.45, 2.75) is 6.92 Å². The maximum Gasteiger partial charge on any atom is 0.354 e. The van der Waals surface area contributed by atoms with E-state index in [1.807, 2.05) is 0 Å². The molecule has 1 rings (SSSR count). The molecule has 20 heavy (non-hydrogen) atoms. The van der Waals surface area contributed by atoms with E-state index in [0.29, 0.717) is 0 Å². The summed E-state index contributed by atoms with van der Waals surface area (Å²) in [4.78, 5) is 24.4. The summed E-state index contributed by atoms with van der Waals surface area (Å²) in [6, 6.07) is 2.02. The van der Waals surface area contributed by atoms with Gasteiger partial charge < -0.3 is 10.4 Å². The second kappa shape index (κ2) is 6.28. The van der Waals surface area contributed by atoms with Crippen molar-refractivity contribution in [2.24, 2.45) is 0 Å². The van der Waals surface area contributed by atoms with Gasteiger partial charge in [-0.25, -0.2) is 18.2 Å². The Morgan fingerprint density at radius 1 is 1.50 bits per heavy atom. The van der Waals surface area contributed by atoms with Gasteiger partial charge in [0.1, 0.15) is 0 Å². The zero-order valence-electron chi connectivity index (χ0n) is 10.6. The van der Waals surface area contributed by atoms with Gasteiger partial charge in [-0.1, -0.05) is 6.92 Å². The zero-order chi connectivity index (χ0) is 15.3. The van der Waals surface area contributed by atoms with Crippen molar-refractivity contribution in [1.82, 2.24) is 4.98 Å². The maximum atomic E-state index is 11.3. The standard InChI is InChI=1S/C10H13N3O6S/c1-2-20(18,19)6-5-11-9-8(13(16)17)4-3-7(12-9)10(14)15/h3-4H,2,5-6H2,1H3,(H,11,12)(H,14,15). The molecule has 1 aromatic heterocycles. The first-order valence-corrected chi connectivity index (χ1v) is 7.42. The summed E-state index contributed by atoms with van der Waals surface area (Å²) in [7, 11) is -3.23. The summed E-state index contributed by atoms with van der Waals surface area (Å²) in [5.41, 5.74) is -0.777. The van der Waals surface area contributed by atoms with Crippen LogP contribution >= 0.6 is 0 Å². The highest BCUT2D eigenvalue weighted by Crippen LogP contribution is 2.21. The Kier molecular flexibility index (Phi) is 4.97. The van der Waals surface area contributed by atoms with Gasteiger partial charge in [-0.05, 0) is 6.07 Å². The molecule has 0 aliphatic carbocycles. The number of pyridine rings is 1. The van der Waals surface area contributed by atoms with Crippen molar-refractivity contribution in [1.29, 1.82) is 0 Å². The molecule has 0 aliphatic heterocycles. The lowest BCUT2D eigenvalue weighted by atomic mass is 10.3. The molecule has 0 unspecified atom stereocenters. The number of hydrogen-bond donors (Lipinski definition) is 2. The predicted molar refractivity (Wildman–Crippen MR) is 70.7 cm³/mol. The fourth-order valence-electron chi connectivity index (χ4n) is 1.32. The van der Waals surface area contributed by atoms with Gasteiger partial charge in [0.15, 0.2) is 15.5 Å². The zero-order valence-corrected chi connectivity index (χ0v) is 11.4. The minimum Gasteiger partial charge on any atom is -0.477 e. The van der Waals surface area contributed by atoms with Crippen molar-refractivity contribution >= 4 is 27.3 Å². The fourth-order valence-corrected chi connectivity index (χ4v) is 2.02. The number of hydrogen-bond acceptors (Lipinski definition) is 7. The second-order valence-electron chi connectivity index (χ2n) is 3.79. The molecule has 0 saturated carbocycles. The molecule has 0 radical (unpaired) electrons. The highest BCUT2D eigenvalue weighted by molar-refractivity contribution is 7.91. The third-order valence-electron chi connectivity index (χ3n) is 2.44. The molecule has 0 amide bonds. The third kappa shape index (κ3) is 4.16. The average molecular weight is 303 g/mol. The van der Waals surface area contributed by atoms with E-state index in [0.717, 1.165) is 12.1 Å². The maximum absolute atomic E-state index is 11.3. The number of nitrogens with zero attached hydrogens (tertiary/aromatic N) is 2. The minimum atomic E-state index is -3.23. The predicted octanol–water partition coefficient (Wildman–Crippen LogP) is 0.535. The molecule has 0 bridgehead atoms. The van der Waals surface area contributed by atoms with Crippen LogP contribution in [0.4, 0.5) is 11.5 Å². The first-order valence-electron chi connectivity index (χ1n) is 5.60. The van der Waals surface area contributed by atoms with E-state index in [-0.39, 0.29) is 29.6 Å². The monoisotopic (exact) mass is 303 g/mol. The SMILES string of the molecule is CCS(=O)(=O)CCNc1nc(C(=O)O)ccc1[N+](=O)[O-]. The number of carboxylic acids is 1. The van der Waals surface area contributed by atoms with Crippen molar-refractivity contribution in [3.05, 3.63) is 27.9 Å². The first kappa shape index (κ1) is 15.8. The molecular formula is C10H13N3O6S. The van der Waals surface area contributed by atoms with Gasteiger partial charge in [0.25, 0.3) is 0 Å². The topological polar surface area (TPSA) is 140 Å². The van der Waals surface area contributed by atoms with Crippen LogP contribution in [-0.2, 0) is 9.84 Å². The Bertz CT molecular complexity index is 628. The summed E-state index contributed by atoms with van der Waals surface area (Å²) in [6.07, 6.45) is 0. The number of carboxylic acid groups (broad SMARTS) is 1. The summed E-state index contributed by atoms with van der Waals surface area (Å²) < 4.78 is 22.6. The molecule has 2 N–H and O–H groups in total. The molecule has 0 atom stereocenters. The molecule has 10 heteroatoms. The highest BCUT2D eigenvalue weighted by Gasteiger charge is 2.18. The van der Waals surface area contributed by atoms with E-state index >= 15 is 0 Å². The number of anilines is 1. The number of rotatable bonds is 7. The quantitative estimate of drug-likeness (QED) is 0.549.